The molecule has 0 atom stereocenters. The van der Waals surface area contributed by atoms with Gasteiger partial charge in [-0.05, 0) is 49.2 Å². The van der Waals surface area contributed by atoms with Crippen molar-refractivity contribution in [1.29, 1.82) is 0 Å². The van der Waals surface area contributed by atoms with Crippen molar-refractivity contribution in [2.24, 2.45) is 0 Å². The zero-order valence-electron chi connectivity index (χ0n) is 22.8. The van der Waals surface area contributed by atoms with Crippen LogP contribution in [0.15, 0.2) is 146 Å². The second-order valence-corrected chi connectivity index (χ2v) is 15.6. The van der Waals surface area contributed by atoms with Gasteiger partial charge in [0, 0.05) is 12.1 Å². The van der Waals surface area contributed by atoms with Gasteiger partial charge in [0.1, 0.15) is 0 Å². The van der Waals surface area contributed by atoms with Gasteiger partial charge in [0.05, 0.1) is 11.7 Å². The Morgan fingerprint density at radius 1 is 0.545 bits per heavy atom. The van der Waals surface area contributed by atoms with E-state index in [4.69, 9.17) is 0 Å². The topological polar surface area (TPSA) is 53.0 Å². The predicted octanol–water partition coefficient (Wildman–Crippen LogP) is 8.03. The molecule has 5 rings (SSSR count). The number of hydrogen-bond acceptors (Lipinski definition) is 3. The molecule has 0 radical (unpaired) electrons. The van der Waals surface area contributed by atoms with Crippen LogP contribution >= 0.6 is 23.7 Å². The number of aromatic carboxylic acids is 1. The number of carbonyl (C=O) groups excluding carboxylic acids is 1. The number of aromatic nitrogens is 1. The zero-order chi connectivity index (χ0) is 31.4. The molecular weight excluding hydrogens is 726 g/mol. The van der Waals surface area contributed by atoms with Crippen molar-refractivity contribution in [3.05, 3.63) is 151 Å². The molecule has 0 aliphatic heterocycles. The summed E-state index contributed by atoms with van der Waals surface area (Å²) < 4.78 is 59.2. The molecule has 0 amide bonds. The first kappa shape index (κ1) is 37.2. The van der Waals surface area contributed by atoms with Crippen LogP contribution in [-0.4, -0.2) is 16.9 Å². The maximum atomic E-state index is 10.0. The summed E-state index contributed by atoms with van der Waals surface area (Å²) in [5.41, 5.74) is -0.0301. The molecule has 44 heavy (non-hydrogen) atoms. The Morgan fingerprint density at radius 2 is 0.818 bits per heavy atom. The number of nitrogens with zero attached hydrogens (tertiary/aromatic N) is 1. The van der Waals surface area contributed by atoms with E-state index in [9.17, 15) is 35.1 Å². The predicted molar refractivity (Wildman–Crippen MR) is 165 cm³/mol. The quantitative estimate of drug-likeness (QED) is 0.0962. The van der Waals surface area contributed by atoms with Crippen LogP contribution in [0, 0.1) is 0 Å². The fourth-order valence-electron chi connectivity index (χ4n) is 3.68. The molecule has 0 saturated heterocycles. The number of pyridine rings is 1. The largest absolute Gasteiger partial charge is 2.00 e. The van der Waals surface area contributed by atoms with Gasteiger partial charge in [-0.25, -0.2) is 0 Å². The van der Waals surface area contributed by atoms with Crippen LogP contribution in [0.25, 0.3) is 0 Å². The van der Waals surface area contributed by atoms with Crippen LogP contribution in [0.4, 0.5) is 25.2 Å². The molecule has 4 aromatic carbocycles. The number of carboxylic acids is 1. The Hall–Kier alpha value is -3.01. The van der Waals surface area contributed by atoms with E-state index in [1.165, 1.54) is 39.4 Å². The van der Waals surface area contributed by atoms with E-state index in [2.05, 4.69) is 126 Å². The zero-order valence-corrected chi connectivity index (χ0v) is 27.2. The Morgan fingerprint density at radius 3 is 1.02 bits per heavy atom. The standard InChI is InChI=1S/C25H22P2.C6H5NO2.F6P.Ru/c1-5-13-22(14-6-1)26(23-15-7-2-8-16-23)21-27(24-17-9-3-10-18-24)25-19-11-4-12-20-25;8-6(9)5-3-1-2-4-7-5;1-7(2,3,4,5)6;/h1-20H,21H2;1-4H,(H,8,9);;/q;;-1;+2/p-1. The number of carbonyl (C=O) groups is 1. The second-order valence-electron chi connectivity index (χ2n) is 8.80. The molecule has 0 fully saturated rings. The average Bonchev–Trinajstić information content (AvgIpc) is 2.99. The summed E-state index contributed by atoms with van der Waals surface area (Å²) in [6.45, 7) is 0. The summed E-state index contributed by atoms with van der Waals surface area (Å²) in [5, 5.41) is 15.9. The fourth-order valence-corrected chi connectivity index (χ4v) is 10.1. The van der Waals surface area contributed by atoms with Crippen LogP contribution in [-0.2, 0) is 19.5 Å². The molecule has 0 spiro atoms. The molecule has 0 unspecified atom stereocenters. The Kier molecular flexibility index (Phi) is 13.4. The van der Waals surface area contributed by atoms with Gasteiger partial charge in [-0.3, -0.25) is 4.98 Å². The molecule has 0 N–H and O–H groups in total. The monoisotopic (exact) mass is 753 g/mol. The third kappa shape index (κ3) is 15.1. The molecule has 5 aromatic rings. The minimum absolute atomic E-state index is 0. The van der Waals surface area contributed by atoms with Crippen LogP contribution in [0.1, 0.15) is 10.5 Å². The average molecular weight is 753 g/mol. The van der Waals surface area contributed by atoms with Crippen LogP contribution in [0.5, 0.6) is 0 Å². The van der Waals surface area contributed by atoms with Gasteiger partial charge >= 0.3 is 52.5 Å². The summed E-state index contributed by atoms with van der Waals surface area (Å²) in [6, 6.07) is 48.8. The number of carboxylic acid groups (broad SMARTS) is 1. The van der Waals surface area contributed by atoms with Crippen molar-refractivity contribution in [2.75, 3.05) is 5.90 Å². The number of hydrogen-bond donors (Lipinski definition) is 0. The van der Waals surface area contributed by atoms with Crippen LogP contribution < -0.4 is 26.3 Å². The normalized spacial score (nSPS) is 12.3. The Labute approximate surface area is 266 Å². The smallest absolute Gasteiger partial charge is 0.543 e. The maximum absolute atomic E-state index is 10.7. The summed E-state index contributed by atoms with van der Waals surface area (Å²) >= 11 is 0. The SMILES string of the molecule is F[P-](F)(F)(F)(F)F.O=C([O-])c1ccccn1.[Ru+2].c1ccc(P(CP(c2ccccc2)c2ccccc2)c2ccccc2)cc1. The van der Waals surface area contributed by atoms with Crippen molar-refractivity contribution in [1.82, 2.24) is 4.98 Å². The van der Waals surface area contributed by atoms with Gasteiger partial charge in [0.15, 0.2) is 0 Å². The van der Waals surface area contributed by atoms with Gasteiger partial charge in [0.2, 0.25) is 0 Å². The molecule has 0 saturated carbocycles. The van der Waals surface area contributed by atoms with Gasteiger partial charge in [0.25, 0.3) is 0 Å². The van der Waals surface area contributed by atoms with Gasteiger partial charge in [-0.2, -0.15) is 0 Å². The number of benzene rings is 4. The molecule has 13 heteroatoms. The summed E-state index contributed by atoms with van der Waals surface area (Å²) in [4.78, 5) is 13.5. The molecule has 0 aliphatic carbocycles. The summed E-state index contributed by atoms with van der Waals surface area (Å²) in [7, 11) is -11.5. The summed E-state index contributed by atoms with van der Waals surface area (Å²) in [5.74, 6) is -0.0669. The number of rotatable bonds is 7. The van der Waals surface area contributed by atoms with Crippen molar-refractivity contribution < 1.29 is 54.6 Å². The minimum atomic E-state index is -10.7. The molecular formula is C31H26F6NO2P3Ru. The molecule has 0 aliphatic rings. The number of halogens is 6. The summed E-state index contributed by atoms with van der Waals surface area (Å²) in [6.07, 6.45) is 1.41. The van der Waals surface area contributed by atoms with Crippen molar-refractivity contribution in [3.8, 4) is 0 Å². The maximum Gasteiger partial charge on any atom is 2.00 e. The van der Waals surface area contributed by atoms with Gasteiger partial charge < -0.3 is 9.90 Å². The first-order valence-electron chi connectivity index (χ1n) is 12.6. The first-order chi connectivity index (χ1) is 20.2. The third-order valence-corrected chi connectivity index (χ3v) is 11.4. The minimum Gasteiger partial charge on any atom is -0.543 e. The third-order valence-electron chi connectivity index (χ3n) is 5.43. The van der Waals surface area contributed by atoms with Gasteiger partial charge in [-0.15, -0.1) is 0 Å². The van der Waals surface area contributed by atoms with Crippen molar-refractivity contribution in [2.45, 2.75) is 0 Å². The van der Waals surface area contributed by atoms with E-state index >= 15 is 0 Å². The molecule has 232 valence electrons. The van der Waals surface area contributed by atoms with Crippen molar-refractivity contribution in [3.63, 3.8) is 0 Å². The molecule has 3 nitrogen and oxygen atoms in total. The van der Waals surface area contributed by atoms with E-state index in [0.717, 1.165) is 0 Å². The van der Waals surface area contributed by atoms with E-state index in [0.29, 0.717) is 0 Å². The van der Waals surface area contributed by atoms with E-state index in [1.54, 1.807) is 12.1 Å². The van der Waals surface area contributed by atoms with Crippen molar-refractivity contribution >= 4 is 50.8 Å². The Balaban J connectivity index is 0.000000328. The van der Waals surface area contributed by atoms with E-state index in [1.807, 2.05) is 0 Å². The fraction of sp³-hybridized carbons (Fsp3) is 0.0323. The Bertz CT molecular complexity index is 1390. The van der Waals surface area contributed by atoms with E-state index < -0.39 is 29.6 Å². The van der Waals surface area contributed by atoms with Crippen LogP contribution in [0.2, 0.25) is 0 Å². The molecule has 0 bridgehead atoms. The molecule has 1 aromatic heterocycles. The van der Waals surface area contributed by atoms with E-state index in [-0.39, 0.29) is 25.2 Å². The second kappa shape index (κ2) is 15.8. The van der Waals surface area contributed by atoms with Crippen LogP contribution in [0.3, 0.4) is 0 Å². The molecule has 1 heterocycles. The first-order valence-corrected chi connectivity index (χ1v) is 17.7. The van der Waals surface area contributed by atoms with Gasteiger partial charge in [-0.1, -0.05) is 127 Å².